The van der Waals surface area contributed by atoms with Gasteiger partial charge in [0.25, 0.3) is 5.91 Å². The van der Waals surface area contributed by atoms with Crippen molar-refractivity contribution in [3.8, 4) is 5.82 Å². The summed E-state index contributed by atoms with van der Waals surface area (Å²) < 4.78 is 5.95. The lowest BCUT2D eigenvalue weighted by atomic mass is 10.1. The van der Waals surface area contributed by atoms with Crippen LogP contribution in [0.15, 0.2) is 34.0 Å². The van der Waals surface area contributed by atoms with Crippen molar-refractivity contribution in [3.63, 3.8) is 0 Å². The number of amides is 1. The van der Waals surface area contributed by atoms with E-state index < -0.39 is 0 Å². The van der Waals surface area contributed by atoms with Gasteiger partial charge in [-0.15, -0.1) is 5.10 Å². The number of nitrogens with zero attached hydrogens (tertiary/aromatic N) is 6. The molecule has 0 aliphatic carbocycles. The van der Waals surface area contributed by atoms with Gasteiger partial charge >= 0.3 is 0 Å². The summed E-state index contributed by atoms with van der Waals surface area (Å²) in [5.41, 5.74) is 11.4. The predicted molar refractivity (Wildman–Crippen MR) is 89.2 cm³/mol. The van der Waals surface area contributed by atoms with Crippen LogP contribution in [0.25, 0.3) is 5.82 Å². The molecule has 3 rings (SSSR count). The van der Waals surface area contributed by atoms with Gasteiger partial charge in [0.2, 0.25) is 11.6 Å². The number of carbonyl (C=O) groups excluding carboxylic acids is 1. The van der Waals surface area contributed by atoms with E-state index in [4.69, 9.17) is 5.73 Å². The molecule has 128 valence electrons. The van der Waals surface area contributed by atoms with Crippen LogP contribution in [0.5, 0.6) is 0 Å². The topological polar surface area (TPSA) is 137 Å². The van der Waals surface area contributed by atoms with Crippen LogP contribution in [-0.4, -0.2) is 36.9 Å². The lowest BCUT2D eigenvalue weighted by Crippen LogP contribution is -2.19. The lowest BCUT2D eigenvalue weighted by molar-refractivity contribution is 0.0955. The molecule has 0 fully saturated rings. The SMILES string of the molecule is C/C(=N/NC(=O)c1ccc(C)cc1)c1nnn(-c2nonc2N)c1C. The van der Waals surface area contributed by atoms with E-state index in [1.807, 2.05) is 19.1 Å². The molecule has 1 aromatic carbocycles. The number of hydrogen-bond acceptors (Lipinski definition) is 8. The van der Waals surface area contributed by atoms with Crippen molar-refractivity contribution in [1.82, 2.24) is 30.7 Å². The number of aromatic nitrogens is 5. The first-order valence-corrected chi connectivity index (χ1v) is 7.39. The second-order valence-corrected chi connectivity index (χ2v) is 5.41. The number of benzene rings is 1. The van der Waals surface area contributed by atoms with Gasteiger partial charge in [-0.3, -0.25) is 4.79 Å². The number of aryl methyl sites for hydroxylation is 1. The van der Waals surface area contributed by atoms with Gasteiger partial charge in [-0.2, -0.15) is 9.78 Å². The molecular weight excluding hydrogens is 324 g/mol. The monoisotopic (exact) mass is 340 g/mol. The molecule has 0 saturated heterocycles. The van der Waals surface area contributed by atoms with E-state index in [2.05, 4.69) is 35.8 Å². The van der Waals surface area contributed by atoms with E-state index in [-0.39, 0.29) is 17.5 Å². The molecule has 25 heavy (non-hydrogen) atoms. The second kappa shape index (κ2) is 6.51. The number of rotatable bonds is 4. The number of nitrogens with one attached hydrogen (secondary N) is 1. The van der Waals surface area contributed by atoms with E-state index in [1.165, 1.54) is 4.68 Å². The first kappa shape index (κ1) is 16.3. The Balaban J connectivity index is 1.79. The highest BCUT2D eigenvalue weighted by Crippen LogP contribution is 2.15. The molecule has 10 heteroatoms. The Bertz CT molecular complexity index is 939. The number of anilines is 1. The Hall–Kier alpha value is -3.56. The Morgan fingerprint density at radius 1 is 1.24 bits per heavy atom. The van der Waals surface area contributed by atoms with Gasteiger partial charge in [-0.1, -0.05) is 22.9 Å². The number of hydrogen-bond donors (Lipinski definition) is 2. The minimum Gasteiger partial charge on any atom is -0.378 e. The van der Waals surface area contributed by atoms with Gasteiger partial charge in [0.05, 0.1) is 11.4 Å². The molecule has 0 spiro atoms. The zero-order valence-corrected chi connectivity index (χ0v) is 13.9. The van der Waals surface area contributed by atoms with Gasteiger partial charge in [-0.05, 0) is 43.2 Å². The van der Waals surface area contributed by atoms with Crippen molar-refractivity contribution >= 4 is 17.4 Å². The Morgan fingerprint density at radius 3 is 2.60 bits per heavy atom. The fourth-order valence-electron chi connectivity index (χ4n) is 2.16. The van der Waals surface area contributed by atoms with Gasteiger partial charge in [0, 0.05) is 5.56 Å². The van der Waals surface area contributed by atoms with Crippen LogP contribution >= 0.6 is 0 Å². The van der Waals surface area contributed by atoms with Crippen molar-refractivity contribution in [2.24, 2.45) is 5.10 Å². The quantitative estimate of drug-likeness (QED) is 0.534. The highest BCUT2D eigenvalue weighted by molar-refractivity contribution is 6.00. The summed E-state index contributed by atoms with van der Waals surface area (Å²) in [5.74, 6) is 0.0314. The van der Waals surface area contributed by atoms with Crippen LogP contribution in [0.4, 0.5) is 5.82 Å². The number of nitrogens with two attached hydrogens (primary N) is 1. The van der Waals surface area contributed by atoms with E-state index in [9.17, 15) is 4.79 Å². The fourth-order valence-corrected chi connectivity index (χ4v) is 2.16. The van der Waals surface area contributed by atoms with Crippen molar-refractivity contribution in [2.45, 2.75) is 20.8 Å². The molecule has 0 atom stereocenters. The summed E-state index contributed by atoms with van der Waals surface area (Å²) in [6.07, 6.45) is 0. The zero-order valence-electron chi connectivity index (χ0n) is 13.9. The van der Waals surface area contributed by atoms with Crippen LogP contribution < -0.4 is 11.2 Å². The molecule has 3 N–H and O–H groups in total. The second-order valence-electron chi connectivity index (χ2n) is 5.41. The molecule has 0 radical (unpaired) electrons. The molecule has 1 amide bonds. The molecule has 0 unspecified atom stereocenters. The third-order valence-corrected chi connectivity index (χ3v) is 3.57. The van der Waals surface area contributed by atoms with Gasteiger partial charge in [0.15, 0.2) is 0 Å². The summed E-state index contributed by atoms with van der Waals surface area (Å²) >= 11 is 0. The van der Waals surface area contributed by atoms with Crippen LogP contribution in [-0.2, 0) is 0 Å². The van der Waals surface area contributed by atoms with Gasteiger partial charge < -0.3 is 5.73 Å². The summed E-state index contributed by atoms with van der Waals surface area (Å²) in [6.45, 7) is 5.43. The summed E-state index contributed by atoms with van der Waals surface area (Å²) in [6, 6.07) is 7.18. The molecule has 2 heterocycles. The van der Waals surface area contributed by atoms with E-state index in [0.29, 0.717) is 22.7 Å². The van der Waals surface area contributed by atoms with E-state index in [0.717, 1.165) is 5.56 Å². The Morgan fingerprint density at radius 2 is 1.96 bits per heavy atom. The van der Waals surface area contributed by atoms with Crippen molar-refractivity contribution < 1.29 is 9.42 Å². The standard InChI is InChI=1S/C15H16N8O2/c1-8-4-6-11(7-5-8)15(24)19-17-9(2)12-10(3)23(22-18-12)14-13(16)20-25-21-14/h4-7H,1-3H3,(H2,16,20)(H,19,24)/b17-9-. The normalized spacial score (nSPS) is 11.6. The van der Waals surface area contributed by atoms with Gasteiger partial charge in [-0.25, -0.2) is 10.1 Å². The maximum absolute atomic E-state index is 12.1. The van der Waals surface area contributed by atoms with Crippen LogP contribution in [0, 0.1) is 13.8 Å². The number of nitrogen functional groups attached to an aromatic ring is 1. The first-order valence-electron chi connectivity index (χ1n) is 7.39. The van der Waals surface area contributed by atoms with Crippen molar-refractivity contribution in [2.75, 3.05) is 5.73 Å². The number of carbonyl (C=O) groups is 1. The summed E-state index contributed by atoms with van der Waals surface area (Å²) in [7, 11) is 0. The highest BCUT2D eigenvalue weighted by Gasteiger charge is 2.18. The van der Waals surface area contributed by atoms with Crippen LogP contribution in [0.1, 0.15) is 34.2 Å². The van der Waals surface area contributed by atoms with Crippen LogP contribution in [0.2, 0.25) is 0 Å². The molecular formula is C15H16N8O2. The third-order valence-electron chi connectivity index (χ3n) is 3.57. The molecule has 0 aliphatic heterocycles. The lowest BCUT2D eigenvalue weighted by Gasteiger charge is -2.02. The van der Waals surface area contributed by atoms with Crippen molar-refractivity contribution in [1.29, 1.82) is 0 Å². The molecule has 3 aromatic rings. The number of hydrazone groups is 1. The Kier molecular flexibility index (Phi) is 4.25. The molecule has 0 aliphatic rings. The average Bonchev–Trinajstić information content (AvgIpc) is 3.18. The summed E-state index contributed by atoms with van der Waals surface area (Å²) in [4.78, 5) is 12.1. The minimum atomic E-state index is -0.311. The van der Waals surface area contributed by atoms with Gasteiger partial charge in [0.1, 0.15) is 5.69 Å². The maximum atomic E-state index is 12.1. The largest absolute Gasteiger partial charge is 0.378 e. The fraction of sp³-hybridized carbons (Fsp3) is 0.200. The third kappa shape index (κ3) is 3.22. The molecule has 2 aromatic heterocycles. The van der Waals surface area contributed by atoms with E-state index >= 15 is 0 Å². The zero-order chi connectivity index (χ0) is 18.0. The predicted octanol–water partition coefficient (Wildman–Crippen LogP) is 1.00. The molecule has 10 nitrogen and oxygen atoms in total. The average molecular weight is 340 g/mol. The molecule has 0 saturated carbocycles. The first-order chi connectivity index (χ1) is 12.0. The highest BCUT2D eigenvalue weighted by atomic mass is 16.6. The van der Waals surface area contributed by atoms with Crippen LogP contribution in [0.3, 0.4) is 0 Å². The van der Waals surface area contributed by atoms with Crippen molar-refractivity contribution in [3.05, 3.63) is 46.8 Å². The summed E-state index contributed by atoms with van der Waals surface area (Å²) in [5, 5.41) is 19.3. The maximum Gasteiger partial charge on any atom is 0.271 e. The smallest absolute Gasteiger partial charge is 0.271 e. The Labute approximate surface area is 142 Å². The van der Waals surface area contributed by atoms with E-state index in [1.54, 1.807) is 26.0 Å². The molecule has 0 bridgehead atoms. The minimum absolute atomic E-state index is 0.0989.